The Balaban J connectivity index is 1.91. The van der Waals surface area contributed by atoms with Gasteiger partial charge in [-0.3, -0.25) is 4.90 Å². The third-order valence-corrected chi connectivity index (χ3v) is 3.74. The molecule has 1 aromatic carbocycles. The third-order valence-electron chi connectivity index (χ3n) is 3.74. The topological polar surface area (TPSA) is 57.0 Å². The lowest BCUT2D eigenvalue weighted by atomic mass is 9.98. The Morgan fingerprint density at radius 2 is 2.00 bits per heavy atom. The number of morpholine rings is 1. The number of nitrogens with zero attached hydrogens (tertiary/aromatic N) is 1. The van der Waals surface area contributed by atoms with Crippen LogP contribution in [-0.4, -0.2) is 51.0 Å². The van der Waals surface area contributed by atoms with Crippen molar-refractivity contribution in [2.24, 2.45) is 5.73 Å². The average molecular weight is 264 g/mol. The summed E-state index contributed by atoms with van der Waals surface area (Å²) in [5.74, 6) is 1.64. The molecule has 1 aromatic rings. The van der Waals surface area contributed by atoms with Crippen LogP contribution in [0.2, 0.25) is 0 Å². The summed E-state index contributed by atoms with van der Waals surface area (Å²) in [6.45, 7) is 3.39. The number of benzene rings is 1. The summed E-state index contributed by atoms with van der Waals surface area (Å²) in [5.41, 5.74) is 6.99. The fraction of sp³-hybridized carbons (Fsp3) is 0.571. The van der Waals surface area contributed by atoms with Gasteiger partial charge in [0.15, 0.2) is 11.5 Å². The lowest BCUT2D eigenvalue weighted by molar-refractivity contribution is -0.0577. The van der Waals surface area contributed by atoms with Gasteiger partial charge in [0, 0.05) is 13.1 Å². The summed E-state index contributed by atoms with van der Waals surface area (Å²) in [6.07, 6.45) is 0.0290. The highest BCUT2D eigenvalue weighted by Crippen LogP contribution is 2.36. The first-order valence-corrected chi connectivity index (χ1v) is 6.71. The van der Waals surface area contributed by atoms with Gasteiger partial charge >= 0.3 is 0 Å². The lowest BCUT2D eigenvalue weighted by Crippen LogP contribution is -2.46. The second kappa shape index (κ2) is 5.36. The van der Waals surface area contributed by atoms with Gasteiger partial charge in [-0.2, -0.15) is 0 Å². The van der Waals surface area contributed by atoms with Crippen molar-refractivity contribution in [3.8, 4) is 11.5 Å². The van der Waals surface area contributed by atoms with Crippen molar-refractivity contribution >= 4 is 0 Å². The Kier molecular flexibility index (Phi) is 3.59. The molecule has 2 atom stereocenters. The van der Waals surface area contributed by atoms with Gasteiger partial charge in [0.1, 0.15) is 13.2 Å². The van der Waals surface area contributed by atoms with Crippen LogP contribution in [0.4, 0.5) is 0 Å². The van der Waals surface area contributed by atoms with E-state index in [4.69, 9.17) is 19.9 Å². The van der Waals surface area contributed by atoms with E-state index in [9.17, 15) is 0 Å². The second-order valence-electron chi connectivity index (χ2n) is 4.97. The molecule has 3 rings (SSSR count). The molecule has 1 fully saturated rings. The molecule has 0 bridgehead atoms. The van der Waals surface area contributed by atoms with Gasteiger partial charge in [-0.1, -0.05) is 6.07 Å². The van der Waals surface area contributed by atoms with E-state index in [1.165, 1.54) is 5.56 Å². The standard InChI is InChI=1S/C14H20N2O3/c1-16-4-5-17-13(9-15)14(16)10-2-3-11-12(8-10)19-7-6-18-11/h2-3,8,13-14H,4-7,9,15H2,1H3. The predicted molar refractivity (Wildman–Crippen MR) is 71.6 cm³/mol. The molecule has 0 radical (unpaired) electrons. The van der Waals surface area contributed by atoms with Gasteiger partial charge in [0.25, 0.3) is 0 Å². The van der Waals surface area contributed by atoms with Gasteiger partial charge in [-0.05, 0) is 24.7 Å². The van der Waals surface area contributed by atoms with Crippen molar-refractivity contribution < 1.29 is 14.2 Å². The van der Waals surface area contributed by atoms with Crippen molar-refractivity contribution in [2.45, 2.75) is 12.1 Å². The molecular formula is C14H20N2O3. The Morgan fingerprint density at radius 3 is 2.79 bits per heavy atom. The van der Waals surface area contributed by atoms with E-state index in [-0.39, 0.29) is 12.1 Å². The molecule has 5 heteroatoms. The van der Waals surface area contributed by atoms with Crippen LogP contribution in [0, 0.1) is 0 Å². The molecule has 104 valence electrons. The van der Waals surface area contributed by atoms with Crippen LogP contribution in [-0.2, 0) is 4.74 Å². The maximum Gasteiger partial charge on any atom is 0.161 e. The maximum absolute atomic E-state index is 5.82. The zero-order valence-electron chi connectivity index (χ0n) is 11.2. The van der Waals surface area contributed by atoms with Gasteiger partial charge in [0.05, 0.1) is 18.8 Å². The molecule has 2 heterocycles. The monoisotopic (exact) mass is 264 g/mol. The number of hydrogen-bond donors (Lipinski definition) is 1. The lowest BCUT2D eigenvalue weighted by Gasteiger charge is -2.39. The minimum Gasteiger partial charge on any atom is -0.486 e. The Hall–Kier alpha value is -1.30. The molecule has 0 saturated carbocycles. The van der Waals surface area contributed by atoms with Crippen molar-refractivity contribution in [1.29, 1.82) is 0 Å². The van der Waals surface area contributed by atoms with E-state index < -0.39 is 0 Å². The largest absolute Gasteiger partial charge is 0.486 e. The van der Waals surface area contributed by atoms with Gasteiger partial charge in [-0.25, -0.2) is 0 Å². The van der Waals surface area contributed by atoms with Crippen molar-refractivity contribution in [3.05, 3.63) is 23.8 Å². The fourth-order valence-corrected chi connectivity index (χ4v) is 2.77. The van der Waals surface area contributed by atoms with Crippen LogP contribution in [0.15, 0.2) is 18.2 Å². The summed E-state index contributed by atoms with van der Waals surface area (Å²) in [4.78, 5) is 2.28. The van der Waals surface area contributed by atoms with Crippen LogP contribution >= 0.6 is 0 Å². The highest BCUT2D eigenvalue weighted by Gasteiger charge is 2.31. The number of fused-ring (bicyclic) bond motifs is 1. The molecule has 0 aliphatic carbocycles. The number of likely N-dealkylation sites (N-methyl/N-ethyl adjacent to an activating group) is 1. The number of rotatable bonds is 2. The van der Waals surface area contributed by atoms with E-state index in [2.05, 4.69) is 18.0 Å². The normalized spacial score (nSPS) is 27.3. The van der Waals surface area contributed by atoms with Crippen LogP contribution in [0.3, 0.4) is 0 Å². The van der Waals surface area contributed by atoms with E-state index >= 15 is 0 Å². The number of ether oxygens (including phenoxy) is 3. The van der Waals surface area contributed by atoms with Crippen LogP contribution in [0.5, 0.6) is 11.5 Å². The fourth-order valence-electron chi connectivity index (χ4n) is 2.77. The molecule has 0 spiro atoms. The average Bonchev–Trinajstić information content (AvgIpc) is 2.46. The first-order chi connectivity index (χ1) is 9.29. The van der Waals surface area contributed by atoms with Gasteiger partial charge < -0.3 is 19.9 Å². The number of hydrogen-bond acceptors (Lipinski definition) is 5. The molecule has 19 heavy (non-hydrogen) atoms. The van der Waals surface area contributed by atoms with Crippen LogP contribution in [0.25, 0.3) is 0 Å². The van der Waals surface area contributed by atoms with E-state index in [0.29, 0.717) is 19.8 Å². The molecule has 2 N–H and O–H groups in total. The Bertz CT molecular complexity index is 452. The van der Waals surface area contributed by atoms with Crippen LogP contribution < -0.4 is 15.2 Å². The highest BCUT2D eigenvalue weighted by molar-refractivity contribution is 5.45. The minimum absolute atomic E-state index is 0.0290. The molecular weight excluding hydrogens is 244 g/mol. The summed E-state index contributed by atoms with van der Waals surface area (Å²) in [6, 6.07) is 6.27. The van der Waals surface area contributed by atoms with Crippen molar-refractivity contribution in [3.63, 3.8) is 0 Å². The van der Waals surface area contributed by atoms with Gasteiger partial charge in [-0.15, -0.1) is 0 Å². The van der Waals surface area contributed by atoms with Gasteiger partial charge in [0.2, 0.25) is 0 Å². The SMILES string of the molecule is CN1CCOC(CN)C1c1ccc2c(c1)OCCO2. The second-order valence-corrected chi connectivity index (χ2v) is 4.97. The first-order valence-electron chi connectivity index (χ1n) is 6.71. The molecule has 2 unspecified atom stereocenters. The molecule has 0 aromatic heterocycles. The Labute approximate surface area is 113 Å². The van der Waals surface area contributed by atoms with E-state index in [1.807, 2.05) is 12.1 Å². The molecule has 2 aliphatic rings. The zero-order valence-corrected chi connectivity index (χ0v) is 11.2. The minimum atomic E-state index is 0.0290. The van der Waals surface area contributed by atoms with E-state index in [1.54, 1.807) is 0 Å². The Morgan fingerprint density at radius 1 is 1.21 bits per heavy atom. The maximum atomic E-state index is 5.82. The molecule has 1 saturated heterocycles. The highest BCUT2D eigenvalue weighted by atomic mass is 16.6. The molecule has 2 aliphatic heterocycles. The summed E-state index contributed by atoms with van der Waals surface area (Å²) >= 11 is 0. The first kappa shape index (κ1) is 12.7. The smallest absolute Gasteiger partial charge is 0.161 e. The van der Waals surface area contributed by atoms with Crippen LogP contribution in [0.1, 0.15) is 11.6 Å². The zero-order chi connectivity index (χ0) is 13.2. The van der Waals surface area contributed by atoms with E-state index in [0.717, 1.165) is 24.7 Å². The molecule has 5 nitrogen and oxygen atoms in total. The number of nitrogens with two attached hydrogens (primary N) is 1. The summed E-state index contributed by atoms with van der Waals surface area (Å²) < 4.78 is 17.0. The predicted octanol–water partition coefficient (Wildman–Crippen LogP) is 0.788. The third kappa shape index (κ3) is 2.41. The van der Waals surface area contributed by atoms with Crippen molar-refractivity contribution in [2.75, 3.05) is 40.0 Å². The summed E-state index contributed by atoms with van der Waals surface area (Å²) in [7, 11) is 2.10. The summed E-state index contributed by atoms with van der Waals surface area (Å²) in [5, 5.41) is 0. The quantitative estimate of drug-likeness (QED) is 0.856. The molecule has 0 amide bonds. The van der Waals surface area contributed by atoms with Crippen molar-refractivity contribution in [1.82, 2.24) is 4.90 Å².